The van der Waals surface area contributed by atoms with Crippen LogP contribution in [0.2, 0.25) is 10.0 Å². The summed E-state index contributed by atoms with van der Waals surface area (Å²) in [6.45, 7) is 0. The number of rotatable bonds is 4. The van der Waals surface area contributed by atoms with Crippen LogP contribution in [0.4, 0.5) is 5.69 Å². The lowest BCUT2D eigenvalue weighted by molar-refractivity contribution is -0.384. The predicted octanol–water partition coefficient (Wildman–Crippen LogP) is 3.20. The molecular formula is C13H14Cl2N2O4. The van der Waals surface area contributed by atoms with Gasteiger partial charge in [-0.3, -0.25) is 14.9 Å². The number of carbonyl (C=O) groups excluding carboxylic acids is 1. The number of nitro benzene ring substituents is 1. The molecule has 0 bridgehead atoms. The molecule has 8 heteroatoms. The average Bonchev–Trinajstić information content (AvgIpc) is 2.88. The Morgan fingerprint density at radius 1 is 1.43 bits per heavy atom. The van der Waals surface area contributed by atoms with Gasteiger partial charge in [-0.2, -0.15) is 0 Å². The number of halogens is 2. The van der Waals surface area contributed by atoms with Gasteiger partial charge in [0.1, 0.15) is 5.02 Å². The minimum Gasteiger partial charge on any atom is -0.381 e. The lowest BCUT2D eigenvalue weighted by Crippen LogP contribution is -2.33. The first kappa shape index (κ1) is 16.0. The molecule has 6 nitrogen and oxygen atoms in total. The Morgan fingerprint density at radius 2 is 2.14 bits per heavy atom. The van der Waals surface area contributed by atoms with Crippen molar-refractivity contribution in [2.75, 3.05) is 7.11 Å². The minimum absolute atomic E-state index is 0.00374. The van der Waals surface area contributed by atoms with Gasteiger partial charge in [-0.25, -0.2) is 0 Å². The largest absolute Gasteiger partial charge is 0.381 e. The van der Waals surface area contributed by atoms with Crippen LogP contribution in [0.5, 0.6) is 0 Å². The first-order chi connectivity index (χ1) is 9.92. The van der Waals surface area contributed by atoms with Crippen LogP contribution < -0.4 is 5.32 Å². The number of nitro groups is 1. The van der Waals surface area contributed by atoms with Crippen molar-refractivity contribution < 1.29 is 14.5 Å². The van der Waals surface area contributed by atoms with Crippen LogP contribution in [-0.4, -0.2) is 30.1 Å². The van der Waals surface area contributed by atoms with Crippen molar-refractivity contribution >= 4 is 34.8 Å². The Balaban J connectivity index is 2.14. The molecule has 0 aliphatic heterocycles. The highest BCUT2D eigenvalue weighted by molar-refractivity contribution is 6.43. The van der Waals surface area contributed by atoms with Gasteiger partial charge in [0.2, 0.25) is 0 Å². The minimum atomic E-state index is -0.665. The zero-order valence-electron chi connectivity index (χ0n) is 11.3. The van der Waals surface area contributed by atoms with Gasteiger partial charge in [0.25, 0.3) is 11.6 Å². The van der Waals surface area contributed by atoms with Gasteiger partial charge in [-0.05, 0) is 25.3 Å². The maximum Gasteiger partial charge on any atom is 0.290 e. The standard InChI is InChI=1S/C13H14Cl2N2O4/c1-21-9-3-2-8(6-9)16-13(18)7-4-10(14)12(15)11(5-7)17(19)20/h4-5,8-9H,2-3,6H2,1H3,(H,16,18). The van der Waals surface area contributed by atoms with Crippen LogP contribution in [0, 0.1) is 10.1 Å². The van der Waals surface area contributed by atoms with Crippen LogP contribution >= 0.6 is 23.2 Å². The fourth-order valence-corrected chi connectivity index (χ4v) is 2.78. The number of amides is 1. The van der Waals surface area contributed by atoms with Crippen molar-refractivity contribution in [2.45, 2.75) is 31.4 Å². The quantitative estimate of drug-likeness (QED) is 0.678. The number of methoxy groups -OCH3 is 1. The topological polar surface area (TPSA) is 81.5 Å². The Hall–Kier alpha value is -1.37. The number of hydrogen-bond acceptors (Lipinski definition) is 4. The fraction of sp³-hybridized carbons (Fsp3) is 0.462. The molecule has 1 N–H and O–H groups in total. The average molecular weight is 333 g/mol. The highest BCUT2D eigenvalue weighted by Gasteiger charge is 2.27. The van der Waals surface area contributed by atoms with E-state index in [-0.39, 0.29) is 33.4 Å². The number of nitrogens with zero attached hydrogens (tertiary/aromatic N) is 1. The number of hydrogen-bond donors (Lipinski definition) is 1. The summed E-state index contributed by atoms with van der Waals surface area (Å²) in [5, 5.41) is 13.5. The van der Waals surface area contributed by atoms with Crippen molar-refractivity contribution in [2.24, 2.45) is 0 Å². The van der Waals surface area contributed by atoms with Gasteiger partial charge >= 0.3 is 0 Å². The molecule has 1 aromatic carbocycles. The van der Waals surface area contributed by atoms with Crippen molar-refractivity contribution in [3.8, 4) is 0 Å². The molecule has 2 unspecified atom stereocenters. The summed E-state index contributed by atoms with van der Waals surface area (Å²) in [5.41, 5.74) is -0.257. The van der Waals surface area contributed by atoms with E-state index in [0.29, 0.717) is 0 Å². The van der Waals surface area contributed by atoms with E-state index in [1.807, 2.05) is 0 Å². The first-order valence-electron chi connectivity index (χ1n) is 6.39. The molecule has 1 fully saturated rings. The lowest BCUT2D eigenvalue weighted by Gasteiger charge is -2.13. The molecule has 0 saturated heterocycles. The maximum atomic E-state index is 12.2. The van der Waals surface area contributed by atoms with Crippen LogP contribution in [0.15, 0.2) is 12.1 Å². The third-order valence-corrected chi connectivity index (χ3v) is 4.31. The zero-order chi connectivity index (χ0) is 15.6. The van der Waals surface area contributed by atoms with Crippen molar-refractivity contribution in [1.29, 1.82) is 0 Å². The van der Waals surface area contributed by atoms with Gasteiger partial charge < -0.3 is 10.1 Å². The summed E-state index contributed by atoms with van der Waals surface area (Å²) in [6.07, 6.45) is 2.56. The van der Waals surface area contributed by atoms with E-state index in [1.165, 1.54) is 6.07 Å². The molecule has 1 aliphatic rings. The van der Waals surface area contributed by atoms with Crippen LogP contribution in [0.1, 0.15) is 29.6 Å². The van der Waals surface area contributed by atoms with Gasteiger partial charge in [0, 0.05) is 24.8 Å². The molecule has 0 aromatic heterocycles. The van der Waals surface area contributed by atoms with E-state index >= 15 is 0 Å². The molecule has 21 heavy (non-hydrogen) atoms. The summed E-state index contributed by atoms with van der Waals surface area (Å²) in [5.74, 6) is -0.404. The second-order valence-electron chi connectivity index (χ2n) is 4.89. The number of benzene rings is 1. The summed E-state index contributed by atoms with van der Waals surface area (Å²) >= 11 is 11.6. The second kappa shape index (κ2) is 6.60. The number of ether oxygens (including phenoxy) is 1. The molecule has 2 rings (SSSR count). The smallest absolute Gasteiger partial charge is 0.290 e. The molecule has 0 heterocycles. The molecule has 0 radical (unpaired) electrons. The lowest BCUT2D eigenvalue weighted by atomic mass is 10.1. The van der Waals surface area contributed by atoms with Crippen LogP contribution in [0.25, 0.3) is 0 Å². The normalized spacial score (nSPS) is 21.3. The van der Waals surface area contributed by atoms with Crippen molar-refractivity contribution in [1.82, 2.24) is 5.32 Å². The molecular weight excluding hydrogens is 319 g/mol. The molecule has 1 aliphatic carbocycles. The van der Waals surface area contributed by atoms with Crippen molar-refractivity contribution in [3.63, 3.8) is 0 Å². The van der Waals surface area contributed by atoms with E-state index in [2.05, 4.69) is 5.32 Å². The summed E-state index contributed by atoms with van der Waals surface area (Å²) in [6, 6.07) is 2.46. The summed E-state index contributed by atoms with van der Waals surface area (Å²) < 4.78 is 5.23. The Labute approximate surface area is 131 Å². The van der Waals surface area contributed by atoms with E-state index in [1.54, 1.807) is 7.11 Å². The predicted molar refractivity (Wildman–Crippen MR) is 79.0 cm³/mol. The van der Waals surface area contributed by atoms with Gasteiger partial charge in [0.05, 0.1) is 16.0 Å². The number of nitrogens with one attached hydrogen (secondary N) is 1. The van der Waals surface area contributed by atoms with Crippen LogP contribution in [-0.2, 0) is 4.74 Å². The molecule has 0 spiro atoms. The Kier molecular flexibility index (Phi) is 5.03. The second-order valence-corrected chi connectivity index (χ2v) is 5.67. The monoisotopic (exact) mass is 332 g/mol. The Morgan fingerprint density at radius 3 is 2.71 bits per heavy atom. The Bertz CT molecular complexity index is 580. The summed E-state index contributed by atoms with van der Waals surface area (Å²) in [4.78, 5) is 22.4. The molecule has 1 saturated carbocycles. The van der Waals surface area contributed by atoms with E-state index in [0.717, 1.165) is 25.3 Å². The van der Waals surface area contributed by atoms with E-state index in [9.17, 15) is 14.9 Å². The third kappa shape index (κ3) is 3.64. The first-order valence-corrected chi connectivity index (χ1v) is 7.15. The molecule has 2 atom stereocenters. The maximum absolute atomic E-state index is 12.2. The van der Waals surface area contributed by atoms with Gasteiger partial charge in [-0.15, -0.1) is 0 Å². The summed E-state index contributed by atoms with van der Waals surface area (Å²) in [7, 11) is 1.64. The van der Waals surface area contributed by atoms with Gasteiger partial charge in [-0.1, -0.05) is 23.2 Å². The highest BCUT2D eigenvalue weighted by atomic mass is 35.5. The molecule has 114 valence electrons. The molecule has 1 amide bonds. The van der Waals surface area contributed by atoms with E-state index in [4.69, 9.17) is 27.9 Å². The zero-order valence-corrected chi connectivity index (χ0v) is 12.8. The van der Waals surface area contributed by atoms with E-state index < -0.39 is 10.8 Å². The SMILES string of the molecule is COC1CCC(NC(=O)c2cc(Cl)c(Cl)c([N+](=O)[O-])c2)C1. The third-order valence-electron chi connectivity index (χ3n) is 3.52. The molecule has 1 aromatic rings. The van der Waals surface area contributed by atoms with Gasteiger partial charge in [0.15, 0.2) is 0 Å². The number of carbonyl (C=O) groups is 1. The highest BCUT2D eigenvalue weighted by Crippen LogP contribution is 2.33. The van der Waals surface area contributed by atoms with Crippen LogP contribution in [0.3, 0.4) is 0 Å². The fourth-order valence-electron chi connectivity index (χ4n) is 2.39. The van der Waals surface area contributed by atoms with Crippen molar-refractivity contribution in [3.05, 3.63) is 37.9 Å².